The van der Waals surface area contributed by atoms with Gasteiger partial charge < -0.3 is 18.3 Å². The standard InChI is InChI=1S/C16H26O6Si/c1-6-19-15(17)12(16(18)20-7-2)11-14(22-23(3,4)5)13-9-8-10-21-13/h8-10,12,14H,6-7,11H2,1-5H3. The van der Waals surface area contributed by atoms with Gasteiger partial charge in [0.1, 0.15) is 11.9 Å². The lowest BCUT2D eigenvalue weighted by Gasteiger charge is -2.27. The summed E-state index contributed by atoms with van der Waals surface area (Å²) in [6, 6.07) is 3.53. The highest BCUT2D eigenvalue weighted by Crippen LogP contribution is 2.30. The molecule has 7 heteroatoms. The molecule has 0 amide bonds. The first-order valence-corrected chi connectivity index (χ1v) is 11.2. The highest BCUT2D eigenvalue weighted by Gasteiger charge is 2.36. The average molecular weight is 342 g/mol. The van der Waals surface area contributed by atoms with E-state index in [1.807, 2.05) is 19.6 Å². The number of ether oxygens (including phenoxy) is 2. The second-order valence-electron chi connectivity index (χ2n) is 6.03. The zero-order valence-corrected chi connectivity index (χ0v) is 15.5. The van der Waals surface area contributed by atoms with Gasteiger partial charge in [0.15, 0.2) is 14.2 Å². The van der Waals surface area contributed by atoms with Crippen LogP contribution < -0.4 is 0 Å². The van der Waals surface area contributed by atoms with Crippen molar-refractivity contribution in [2.45, 2.75) is 46.0 Å². The molecular formula is C16H26O6Si. The molecule has 1 atom stereocenters. The topological polar surface area (TPSA) is 75.0 Å². The summed E-state index contributed by atoms with van der Waals surface area (Å²) < 4.78 is 21.5. The quantitative estimate of drug-likeness (QED) is 0.389. The highest BCUT2D eigenvalue weighted by atomic mass is 28.4. The fourth-order valence-corrected chi connectivity index (χ4v) is 3.18. The Hall–Kier alpha value is -1.60. The molecule has 0 aromatic carbocycles. The Labute approximate surface area is 138 Å². The molecule has 0 aliphatic rings. The predicted molar refractivity (Wildman–Crippen MR) is 87.3 cm³/mol. The molecule has 0 N–H and O–H groups in total. The summed E-state index contributed by atoms with van der Waals surface area (Å²) >= 11 is 0. The average Bonchev–Trinajstić information content (AvgIpc) is 2.96. The van der Waals surface area contributed by atoms with Crippen LogP contribution in [0.1, 0.15) is 32.1 Å². The molecule has 0 radical (unpaired) electrons. The van der Waals surface area contributed by atoms with E-state index in [1.165, 1.54) is 0 Å². The number of furan rings is 1. The van der Waals surface area contributed by atoms with Crippen molar-refractivity contribution in [2.75, 3.05) is 13.2 Å². The molecular weight excluding hydrogens is 316 g/mol. The third kappa shape index (κ3) is 6.58. The number of hydrogen-bond acceptors (Lipinski definition) is 6. The van der Waals surface area contributed by atoms with Gasteiger partial charge in [0.2, 0.25) is 0 Å². The Morgan fingerprint density at radius 3 is 2.09 bits per heavy atom. The van der Waals surface area contributed by atoms with Crippen molar-refractivity contribution in [3.63, 3.8) is 0 Å². The van der Waals surface area contributed by atoms with E-state index >= 15 is 0 Å². The minimum atomic E-state index is -1.91. The number of rotatable bonds is 9. The van der Waals surface area contributed by atoms with Gasteiger partial charge in [0, 0.05) is 6.42 Å². The Kier molecular flexibility index (Phi) is 7.51. The van der Waals surface area contributed by atoms with E-state index in [-0.39, 0.29) is 19.6 Å². The van der Waals surface area contributed by atoms with Crippen LogP contribution in [0.25, 0.3) is 0 Å². The van der Waals surface area contributed by atoms with Gasteiger partial charge in [-0.1, -0.05) is 0 Å². The maximum atomic E-state index is 12.1. The fourth-order valence-electron chi connectivity index (χ4n) is 2.11. The van der Waals surface area contributed by atoms with Crippen molar-refractivity contribution in [1.29, 1.82) is 0 Å². The van der Waals surface area contributed by atoms with Crippen molar-refractivity contribution >= 4 is 20.3 Å². The summed E-state index contributed by atoms with van der Waals surface area (Å²) in [6.45, 7) is 9.90. The van der Waals surface area contributed by atoms with Gasteiger partial charge in [-0.25, -0.2) is 0 Å². The maximum Gasteiger partial charge on any atom is 0.320 e. The van der Waals surface area contributed by atoms with Gasteiger partial charge in [-0.05, 0) is 45.6 Å². The van der Waals surface area contributed by atoms with Gasteiger partial charge in [0.05, 0.1) is 19.5 Å². The number of carbonyl (C=O) groups is 2. The third-order valence-corrected chi connectivity index (χ3v) is 3.94. The monoisotopic (exact) mass is 342 g/mol. The molecule has 130 valence electrons. The first-order chi connectivity index (χ1) is 10.8. The molecule has 1 aromatic heterocycles. The van der Waals surface area contributed by atoms with E-state index in [0.29, 0.717) is 5.76 Å². The third-order valence-electron chi connectivity index (χ3n) is 2.95. The highest BCUT2D eigenvalue weighted by molar-refractivity contribution is 6.69. The van der Waals surface area contributed by atoms with Crippen LogP contribution >= 0.6 is 0 Å². The van der Waals surface area contributed by atoms with E-state index in [9.17, 15) is 9.59 Å². The van der Waals surface area contributed by atoms with Crippen LogP contribution in [0.2, 0.25) is 19.6 Å². The van der Waals surface area contributed by atoms with Gasteiger partial charge in [0.25, 0.3) is 0 Å². The van der Waals surface area contributed by atoms with Crippen molar-refractivity contribution < 1.29 is 27.9 Å². The smallest absolute Gasteiger partial charge is 0.320 e. The van der Waals surface area contributed by atoms with E-state index < -0.39 is 32.3 Å². The zero-order valence-electron chi connectivity index (χ0n) is 14.5. The van der Waals surface area contributed by atoms with E-state index in [2.05, 4.69) is 0 Å². The Morgan fingerprint density at radius 1 is 1.13 bits per heavy atom. The summed E-state index contributed by atoms with van der Waals surface area (Å²) in [4.78, 5) is 24.3. The molecule has 0 spiro atoms. The summed E-state index contributed by atoms with van der Waals surface area (Å²) in [7, 11) is -1.91. The van der Waals surface area contributed by atoms with Gasteiger partial charge in [-0.3, -0.25) is 9.59 Å². The van der Waals surface area contributed by atoms with Crippen LogP contribution in [0.15, 0.2) is 22.8 Å². The molecule has 1 unspecified atom stereocenters. The lowest BCUT2D eigenvalue weighted by molar-refractivity contribution is -0.163. The van der Waals surface area contributed by atoms with Gasteiger partial charge in [-0.15, -0.1) is 0 Å². The van der Waals surface area contributed by atoms with E-state index in [1.54, 1.807) is 32.2 Å². The van der Waals surface area contributed by atoms with Crippen molar-refractivity contribution in [3.8, 4) is 0 Å². The SMILES string of the molecule is CCOC(=O)C(CC(O[Si](C)(C)C)c1ccco1)C(=O)OCC. The second-order valence-corrected chi connectivity index (χ2v) is 10.5. The summed E-state index contributed by atoms with van der Waals surface area (Å²) in [6.07, 6.45) is 1.19. The Balaban J connectivity index is 2.98. The summed E-state index contributed by atoms with van der Waals surface area (Å²) in [5.74, 6) is -1.63. The van der Waals surface area contributed by atoms with Gasteiger partial charge >= 0.3 is 11.9 Å². The number of carbonyl (C=O) groups excluding carboxylic acids is 2. The van der Waals surface area contributed by atoms with Gasteiger partial charge in [-0.2, -0.15) is 0 Å². The minimum absolute atomic E-state index is 0.134. The van der Waals surface area contributed by atoms with Crippen LogP contribution in [-0.4, -0.2) is 33.5 Å². The normalized spacial score (nSPS) is 13.0. The lowest BCUT2D eigenvalue weighted by atomic mass is 10.0. The number of esters is 2. The Morgan fingerprint density at radius 2 is 1.70 bits per heavy atom. The lowest BCUT2D eigenvalue weighted by Crippen LogP contribution is -2.34. The fraction of sp³-hybridized carbons (Fsp3) is 0.625. The molecule has 0 bridgehead atoms. The van der Waals surface area contributed by atoms with Crippen molar-refractivity contribution in [2.24, 2.45) is 5.92 Å². The molecule has 6 nitrogen and oxygen atoms in total. The molecule has 0 aliphatic carbocycles. The molecule has 1 rings (SSSR count). The minimum Gasteiger partial charge on any atom is -0.467 e. The van der Waals surface area contributed by atoms with Crippen LogP contribution in [0.5, 0.6) is 0 Å². The summed E-state index contributed by atoms with van der Waals surface area (Å²) in [5, 5.41) is 0. The molecule has 1 aromatic rings. The van der Waals surface area contributed by atoms with Crippen molar-refractivity contribution in [1.82, 2.24) is 0 Å². The Bertz CT molecular complexity index is 473. The van der Waals surface area contributed by atoms with Crippen molar-refractivity contribution in [3.05, 3.63) is 24.2 Å². The molecule has 1 heterocycles. The molecule has 0 saturated heterocycles. The molecule has 0 fully saturated rings. The first kappa shape index (κ1) is 19.4. The van der Waals surface area contributed by atoms with E-state index in [4.69, 9.17) is 18.3 Å². The first-order valence-electron chi connectivity index (χ1n) is 7.83. The summed E-state index contributed by atoms with van der Waals surface area (Å²) in [5.41, 5.74) is 0. The number of hydrogen-bond donors (Lipinski definition) is 0. The second kappa shape index (κ2) is 8.88. The van der Waals surface area contributed by atoms with Crippen LogP contribution in [0.4, 0.5) is 0 Å². The van der Waals surface area contributed by atoms with Crippen LogP contribution in [0.3, 0.4) is 0 Å². The zero-order chi connectivity index (χ0) is 17.5. The molecule has 0 saturated carbocycles. The predicted octanol–water partition coefficient (Wildman–Crippen LogP) is 3.30. The molecule has 23 heavy (non-hydrogen) atoms. The largest absolute Gasteiger partial charge is 0.467 e. The van der Waals surface area contributed by atoms with Crippen LogP contribution in [0, 0.1) is 5.92 Å². The van der Waals surface area contributed by atoms with Crippen LogP contribution in [-0.2, 0) is 23.5 Å². The molecule has 0 aliphatic heterocycles. The maximum absolute atomic E-state index is 12.1. The van der Waals surface area contributed by atoms with E-state index in [0.717, 1.165) is 0 Å².